The highest BCUT2D eigenvalue weighted by molar-refractivity contribution is 5.20. The van der Waals surface area contributed by atoms with Crippen molar-refractivity contribution in [1.82, 2.24) is 15.0 Å². The van der Waals surface area contributed by atoms with Crippen LogP contribution in [-0.2, 0) is 0 Å². The summed E-state index contributed by atoms with van der Waals surface area (Å²) in [5.74, 6) is 0.906. The molecule has 0 unspecified atom stereocenters. The van der Waals surface area contributed by atoms with Crippen LogP contribution in [0.3, 0.4) is 0 Å². The lowest BCUT2D eigenvalue weighted by Gasteiger charge is -2.25. The second-order valence-corrected chi connectivity index (χ2v) is 4.46. The molecule has 1 heterocycles. The molecular weight excluding hydrogens is 220 g/mol. The molecule has 1 fully saturated rings. The lowest BCUT2D eigenvalue weighted by Crippen LogP contribution is -2.24. The minimum atomic E-state index is 0.121. The van der Waals surface area contributed by atoms with E-state index in [1.54, 1.807) is 0 Å². The van der Waals surface area contributed by atoms with Gasteiger partial charge in [-0.2, -0.15) is 9.97 Å². The van der Waals surface area contributed by atoms with Crippen LogP contribution in [0.15, 0.2) is 0 Å². The summed E-state index contributed by atoms with van der Waals surface area (Å²) < 4.78 is 10.6. The van der Waals surface area contributed by atoms with E-state index in [0.717, 1.165) is 18.8 Å². The lowest BCUT2D eigenvalue weighted by atomic mass is 9.89. The molecule has 1 aromatic rings. The first-order valence-corrected chi connectivity index (χ1v) is 5.89. The molecule has 1 aromatic heterocycles. The molecule has 0 aliphatic heterocycles. The quantitative estimate of drug-likeness (QED) is 0.857. The number of hydrogen-bond acceptors (Lipinski definition) is 6. The summed E-state index contributed by atoms with van der Waals surface area (Å²) in [4.78, 5) is 11.8. The number of methoxy groups -OCH3 is 1. The van der Waals surface area contributed by atoms with E-state index in [-0.39, 0.29) is 24.1 Å². The minimum absolute atomic E-state index is 0.121. The van der Waals surface area contributed by atoms with Crippen LogP contribution in [0, 0.1) is 5.92 Å². The van der Waals surface area contributed by atoms with Gasteiger partial charge in [0.15, 0.2) is 0 Å². The Balaban J connectivity index is 2.00. The maximum absolute atomic E-state index is 5.70. The van der Waals surface area contributed by atoms with E-state index in [1.807, 2.05) is 0 Å². The highest BCUT2D eigenvalue weighted by Gasteiger charge is 2.21. The summed E-state index contributed by atoms with van der Waals surface area (Å²) in [5.41, 5.74) is 5.54. The van der Waals surface area contributed by atoms with Gasteiger partial charge in [0.25, 0.3) is 0 Å². The fourth-order valence-electron chi connectivity index (χ4n) is 1.99. The van der Waals surface area contributed by atoms with Crippen molar-refractivity contribution >= 4 is 5.95 Å². The van der Waals surface area contributed by atoms with Gasteiger partial charge in [-0.25, -0.2) is 0 Å². The van der Waals surface area contributed by atoms with Crippen LogP contribution in [0.1, 0.15) is 32.6 Å². The highest BCUT2D eigenvalue weighted by atomic mass is 16.5. The van der Waals surface area contributed by atoms with Crippen molar-refractivity contribution in [3.63, 3.8) is 0 Å². The summed E-state index contributed by atoms with van der Waals surface area (Å²) in [6, 6.07) is 0.450. The SMILES string of the molecule is COc1nc(N)nc(OC2CCC(C)CC2)n1. The van der Waals surface area contributed by atoms with Gasteiger partial charge in [0.1, 0.15) is 6.10 Å². The van der Waals surface area contributed by atoms with Crippen LogP contribution in [0.25, 0.3) is 0 Å². The van der Waals surface area contributed by atoms with Gasteiger partial charge in [-0.15, -0.1) is 4.98 Å². The third-order valence-corrected chi connectivity index (χ3v) is 3.03. The molecule has 0 radical (unpaired) electrons. The van der Waals surface area contributed by atoms with Gasteiger partial charge in [0.05, 0.1) is 7.11 Å². The Kier molecular flexibility index (Phi) is 3.61. The first-order valence-electron chi connectivity index (χ1n) is 5.89. The summed E-state index contributed by atoms with van der Waals surface area (Å²) in [7, 11) is 1.49. The molecule has 0 amide bonds. The smallest absolute Gasteiger partial charge is 0.324 e. The van der Waals surface area contributed by atoms with Crippen molar-refractivity contribution in [3.05, 3.63) is 0 Å². The first-order chi connectivity index (χ1) is 8.17. The zero-order valence-corrected chi connectivity index (χ0v) is 10.2. The van der Waals surface area contributed by atoms with Crippen LogP contribution in [-0.4, -0.2) is 28.2 Å². The normalized spacial score (nSPS) is 24.4. The molecule has 17 heavy (non-hydrogen) atoms. The average molecular weight is 238 g/mol. The number of ether oxygens (including phenoxy) is 2. The van der Waals surface area contributed by atoms with Crippen molar-refractivity contribution < 1.29 is 9.47 Å². The standard InChI is InChI=1S/C11H18N4O2/c1-7-3-5-8(6-4-7)17-11-14-9(12)13-10(15-11)16-2/h7-8H,3-6H2,1-2H3,(H2,12,13,14,15). The van der Waals surface area contributed by atoms with Crippen molar-refractivity contribution in [3.8, 4) is 12.0 Å². The summed E-state index contributed by atoms with van der Waals surface area (Å²) in [6.45, 7) is 2.26. The maximum atomic E-state index is 5.70. The maximum Gasteiger partial charge on any atom is 0.324 e. The van der Waals surface area contributed by atoms with Gasteiger partial charge in [0.2, 0.25) is 5.95 Å². The Morgan fingerprint density at radius 1 is 1.06 bits per heavy atom. The fourth-order valence-corrected chi connectivity index (χ4v) is 1.99. The summed E-state index contributed by atoms with van der Waals surface area (Å²) in [6.07, 6.45) is 4.62. The number of rotatable bonds is 3. The van der Waals surface area contributed by atoms with E-state index < -0.39 is 0 Å². The number of nitrogens with zero attached hydrogens (tertiary/aromatic N) is 3. The summed E-state index contributed by atoms with van der Waals surface area (Å²) in [5, 5.41) is 0. The number of anilines is 1. The van der Waals surface area contributed by atoms with Gasteiger partial charge in [-0.3, -0.25) is 0 Å². The third-order valence-electron chi connectivity index (χ3n) is 3.03. The van der Waals surface area contributed by atoms with Crippen molar-refractivity contribution in [1.29, 1.82) is 0 Å². The van der Waals surface area contributed by atoms with Gasteiger partial charge in [-0.05, 0) is 31.6 Å². The predicted molar refractivity (Wildman–Crippen MR) is 62.8 cm³/mol. The van der Waals surface area contributed by atoms with E-state index in [1.165, 1.54) is 20.0 Å². The Bertz CT molecular complexity index is 378. The monoisotopic (exact) mass is 238 g/mol. The second kappa shape index (κ2) is 5.16. The molecule has 0 saturated heterocycles. The average Bonchev–Trinajstić information content (AvgIpc) is 2.31. The Hall–Kier alpha value is -1.59. The molecule has 6 heteroatoms. The minimum Gasteiger partial charge on any atom is -0.467 e. The number of nitrogens with two attached hydrogens (primary N) is 1. The second-order valence-electron chi connectivity index (χ2n) is 4.46. The van der Waals surface area contributed by atoms with E-state index in [4.69, 9.17) is 15.2 Å². The molecule has 1 saturated carbocycles. The number of aromatic nitrogens is 3. The Morgan fingerprint density at radius 2 is 1.71 bits per heavy atom. The van der Waals surface area contributed by atoms with E-state index >= 15 is 0 Å². The van der Waals surface area contributed by atoms with Crippen molar-refractivity contribution in [2.24, 2.45) is 5.92 Å². The van der Waals surface area contributed by atoms with Gasteiger partial charge in [-0.1, -0.05) is 6.92 Å². The van der Waals surface area contributed by atoms with Crippen LogP contribution < -0.4 is 15.2 Å². The highest BCUT2D eigenvalue weighted by Crippen LogP contribution is 2.26. The molecule has 2 rings (SSSR count). The van der Waals surface area contributed by atoms with Crippen molar-refractivity contribution in [2.75, 3.05) is 12.8 Å². The molecule has 0 bridgehead atoms. The van der Waals surface area contributed by atoms with Crippen LogP contribution in [0.2, 0.25) is 0 Å². The molecule has 6 nitrogen and oxygen atoms in total. The van der Waals surface area contributed by atoms with Gasteiger partial charge in [0, 0.05) is 0 Å². The molecule has 0 atom stereocenters. The van der Waals surface area contributed by atoms with Crippen LogP contribution in [0.4, 0.5) is 5.95 Å². The zero-order valence-electron chi connectivity index (χ0n) is 10.2. The van der Waals surface area contributed by atoms with Gasteiger partial charge >= 0.3 is 12.0 Å². The molecule has 2 N–H and O–H groups in total. The largest absolute Gasteiger partial charge is 0.467 e. The Labute approximate surface area is 101 Å². The fraction of sp³-hybridized carbons (Fsp3) is 0.727. The third kappa shape index (κ3) is 3.18. The number of hydrogen-bond donors (Lipinski definition) is 1. The molecule has 94 valence electrons. The van der Waals surface area contributed by atoms with Gasteiger partial charge < -0.3 is 15.2 Å². The first kappa shape index (κ1) is 11.9. The molecule has 1 aliphatic rings. The zero-order chi connectivity index (χ0) is 12.3. The topological polar surface area (TPSA) is 83.2 Å². The predicted octanol–water partition coefficient (Wildman–Crippen LogP) is 1.42. The summed E-state index contributed by atoms with van der Waals surface area (Å²) >= 11 is 0. The van der Waals surface area contributed by atoms with E-state index in [2.05, 4.69) is 21.9 Å². The molecule has 1 aliphatic carbocycles. The lowest BCUT2D eigenvalue weighted by molar-refractivity contribution is 0.123. The molecular formula is C11H18N4O2. The Morgan fingerprint density at radius 3 is 2.35 bits per heavy atom. The van der Waals surface area contributed by atoms with E-state index in [0.29, 0.717) is 0 Å². The number of nitrogen functional groups attached to an aromatic ring is 1. The molecule has 0 spiro atoms. The van der Waals surface area contributed by atoms with Crippen LogP contribution in [0.5, 0.6) is 12.0 Å². The van der Waals surface area contributed by atoms with Crippen LogP contribution >= 0.6 is 0 Å². The molecule has 0 aromatic carbocycles. The van der Waals surface area contributed by atoms with E-state index in [9.17, 15) is 0 Å². The van der Waals surface area contributed by atoms with Crippen molar-refractivity contribution in [2.45, 2.75) is 38.7 Å².